The summed E-state index contributed by atoms with van der Waals surface area (Å²) in [7, 11) is 0. The number of aldehydes is 1. The minimum atomic E-state index is 0.442. The van der Waals surface area contributed by atoms with Gasteiger partial charge >= 0.3 is 0 Å². The van der Waals surface area contributed by atoms with Gasteiger partial charge in [-0.1, -0.05) is 28.1 Å². The molecule has 1 aliphatic rings. The highest BCUT2D eigenvalue weighted by Gasteiger charge is 2.21. The molecule has 2 N–H and O–H groups in total. The first kappa shape index (κ1) is 12.1. The standard InChI is InChI=1S/C12H12BrNO3/c13-10-6-8(7-15)11-12(17-5-4-16-11)9(10)2-1-3-14/h1-2,6-7H,3-5,14H2/b2-1+. The maximum Gasteiger partial charge on any atom is 0.172 e. The van der Waals surface area contributed by atoms with Gasteiger partial charge in [-0.3, -0.25) is 4.79 Å². The van der Waals surface area contributed by atoms with E-state index in [4.69, 9.17) is 15.2 Å². The van der Waals surface area contributed by atoms with Gasteiger partial charge in [-0.25, -0.2) is 0 Å². The molecule has 0 aromatic heterocycles. The summed E-state index contributed by atoms with van der Waals surface area (Å²) in [5.41, 5.74) is 6.75. The van der Waals surface area contributed by atoms with Gasteiger partial charge in [0, 0.05) is 16.6 Å². The van der Waals surface area contributed by atoms with Crippen molar-refractivity contribution >= 4 is 28.3 Å². The molecular formula is C12H12BrNO3. The zero-order valence-electron chi connectivity index (χ0n) is 9.11. The molecule has 0 spiro atoms. The summed E-state index contributed by atoms with van der Waals surface area (Å²) in [5.74, 6) is 1.10. The number of carbonyl (C=O) groups is 1. The molecule has 17 heavy (non-hydrogen) atoms. The molecule has 0 saturated heterocycles. The Labute approximate surface area is 108 Å². The van der Waals surface area contributed by atoms with Gasteiger partial charge < -0.3 is 15.2 Å². The van der Waals surface area contributed by atoms with E-state index in [9.17, 15) is 4.79 Å². The van der Waals surface area contributed by atoms with E-state index in [0.29, 0.717) is 36.8 Å². The largest absolute Gasteiger partial charge is 0.485 e. The minimum absolute atomic E-state index is 0.442. The number of halogens is 1. The quantitative estimate of drug-likeness (QED) is 0.867. The predicted molar refractivity (Wildman–Crippen MR) is 68.6 cm³/mol. The molecule has 0 bridgehead atoms. The molecule has 0 aliphatic carbocycles. The Morgan fingerprint density at radius 3 is 2.71 bits per heavy atom. The van der Waals surface area contributed by atoms with Gasteiger partial charge in [-0.2, -0.15) is 0 Å². The molecule has 90 valence electrons. The molecule has 0 saturated carbocycles. The smallest absolute Gasteiger partial charge is 0.172 e. The van der Waals surface area contributed by atoms with E-state index < -0.39 is 0 Å². The maximum absolute atomic E-state index is 11.0. The van der Waals surface area contributed by atoms with Crippen molar-refractivity contribution < 1.29 is 14.3 Å². The van der Waals surface area contributed by atoms with Gasteiger partial charge in [0.15, 0.2) is 17.8 Å². The van der Waals surface area contributed by atoms with Crippen molar-refractivity contribution in [3.8, 4) is 11.5 Å². The van der Waals surface area contributed by atoms with Gasteiger partial charge in [0.05, 0.1) is 5.56 Å². The van der Waals surface area contributed by atoms with E-state index in [1.807, 2.05) is 12.2 Å². The van der Waals surface area contributed by atoms with Crippen LogP contribution in [-0.2, 0) is 0 Å². The van der Waals surface area contributed by atoms with Gasteiger partial charge in [-0.05, 0) is 6.07 Å². The number of fused-ring (bicyclic) bond motifs is 1. The van der Waals surface area contributed by atoms with Crippen LogP contribution in [-0.4, -0.2) is 26.0 Å². The Hall–Kier alpha value is -1.33. The van der Waals surface area contributed by atoms with E-state index in [1.165, 1.54) is 0 Å². The average Bonchev–Trinajstić information content (AvgIpc) is 2.37. The van der Waals surface area contributed by atoms with E-state index >= 15 is 0 Å². The summed E-state index contributed by atoms with van der Waals surface area (Å²) < 4.78 is 11.8. The van der Waals surface area contributed by atoms with Crippen molar-refractivity contribution in [1.29, 1.82) is 0 Å². The van der Waals surface area contributed by atoms with Crippen molar-refractivity contribution in [3.63, 3.8) is 0 Å². The van der Waals surface area contributed by atoms with Crippen LogP contribution in [0.25, 0.3) is 6.08 Å². The van der Waals surface area contributed by atoms with Crippen molar-refractivity contribution in [2.24, 2.45) is 5.73 Å². The van der Waals surface area contributed by atoms with Gasteiger partial charge in [0.25, 0.3) is 0 Å². The van der Waals surface area contributed by atoms with Crippen LogP contribution in [0.1, 0.15) is 15.9 Å². The topological polar surface area (TPSA) is 61.6 Å². The van der Waals surface area contributed by atoms with Crippen LogP contribution in [0, 0.1) is 0 Å². The second kappa shape index (κ2) is 5.33. The van der Waals surface area contributed by atoms with Crippen LogP contribution in [0.15, 0.2) is 16.6 Å². The highest BCUT2D eigenvalue weighted by molar-refractivity contribution is 9.10. The van der Waals surface area contributed by atoms with E-state index in [-0.39, 0.29) is 0 Å². The molecule has 0 atom stereocenters. The number of benzene rings is 1. The molecule has 5 heteroatoms. The minimum Gasteiger partial charge on any atom is -0.485 e. The first-order valence-electron chi connectivity index (χ1n) is 5.21. The van der Waals surface area contributed by atoms with E-state index in [0.717, 1.165) is 16.3 Å². The molecular weight excluding hydrogens is 286 g/mol. The van der Waals surface area contributed by atoms with Crippen molar-refractivity contribution in [1.82, 2.24) is 0 Å². The lowest BCUT2D eigenvalue weighted by molar-refractivity contribution is 0.111. The zero-order chi connectivity index (χ0) is 12.3. The molecule has 0 amide bonds. The first-order chi connectivity index (χ1) is 8.27. The number of hydrogen-bond donors (Lipinski definition) is 1. The molecule has 0 fully saturated rings. The second-order valence-corrected chi connectivity index (χ2v) is 4.33. The Kier molecular flexibility index (Phi) is 3.81. The Balaban J connectivity index is 2.59. The van der Waals surface area contributed by atoms with Gasteiger partial charge in [0.2, 0.25) is 0 Å². The fraction of sp³-hybridized carbons (Fsp3) is 0.250. The first-order valence-corrected chi connectivity index (χ1v) is 6.01. The van der Waals surface area contributed by atoms with Crippen LogP contribution in [0.5, 0.6) is 11.5 Å². The number of ether oxygens (including phenoxy) is 2. The molecule has 0 radical (unpaired) electrons. The van der Waals surface area contributed by atoms with Crippen molar-refractivity contribution in [3.05, 3.63) is 27.7 Å². The third kappa shape index (κ3) is 2.35. The fourth-order valence-corrected chi connectivity index (χ4v) is 2.21. The van der Waals surface area contributed by atoms with Crippen LogP contribution in [0.4, 0.5) is 0 Å². The third-order valence-corrected chi connectivity index (χ3v) is 3.03. The fourth-order valence-electron chi connectivity index (χ4n) is 1.65. The summed E-state index contributed by atoms with van der Waals surface area (Å²) in [6, 6.07) is 1.72. The lowest BCUT2D eigenvalue weighted by Crippen LogP contribution is -2.17. The van der Waals surface area contributed by atoms with Crippen LogP contribution in [0.2, 0.25) is 0 Å². The molecule has 2 rings (SSSR count). The molecule has 1 aromatic carbocycles. The third-order valence-electron chi connectivity index (χ3n) is 2.38. The van der Waals surface area contributed by atoms with Crippen molar-refractivity contribution in [2.45, 2.75) is 0 Å². The Morgan fingerprint density at radius 2 is 2.06 bits per heavy atom. The van der Waals surface area contributed by atoms with Crippen molar-refractivity contribution in [2.75, 3.05) is 19.8 Å². The summed E-state index contributed by atoms with van der Waals surface area (Å²) in [6.45, 7) is 1.37. The summed E-state index contributed by atoms with van der Waals surface area (Å²) in [4.78, 5) is 11.0. The normalized spacial score (nSPS) is 14.0. The summed E-state index contributed by atoms with van der Waals surface area (Å²) in [5, 5.41) is 0. The lowest BCUT2D eigenvalue weighted by Gasteiger charge is -2.22. The Bertz CT molecular complexity index is 471. The number of carbonyl (C=O) groups excluding carboxylic acids is 1. The highest BCUT2D eigenvalue weighted by Crippen LogP contribution is 2.41. The van der Waals surface area contributed by atoms with Crippen LogP contribution in [0.3, 0.4) is 0 Å². The summed E-state index contributed by atoms with van der Waals surface area (Å²) in [6.07, 6.45) is 4.43. The highest BCUT2D eigenvalue weighted by atomic mass is 79.9. The SMILES string of the molecule is NC/C=C/c1c(Br)cc(C=O)c2c1OCCO2. The number of nitrogens with two attached hydrogens (primary N) is 1. The number of rotatable bonds is 3. The molecule has 1 heterocycles. The van der Waals surface area contributed by atoms with Crippen LogP contribution >= 0.6 is 15.9 Å². The molecule has 1 aliphatic heterocycles. The summed E-state index contributed by atoms with van der Waals surface area (Å²) >= 11 is 3.41. The van der Waals surface area contributed by atoms with E-state index in [2.05, 4.69) is 15.9 Å². The van der Waals surface area contributed by atoms with E-state index in [1.54, 1.807) is 6.07 Å². The average molecular weight is 298 g/mol. The molecule has 1 aromatic rings. The van der Waals surface area contributed by atoms with Crippen LogP contribution < -0.4 is 15.2 Å². The predicted octanol–water partition coefficient (Wildman–Crippen LogP) is 2.00. The number of hydrogen-bond acceptors (Lipinski definition) is 4. The molecule has 4 nitrogen and oxygen atoms in total. The molecule has 0 unspecified atom stereocenters. The lowest BCUT2D eigenvalue weighted by atomic mass is 10.1. The van der Waals surface area contributed by atoms with Gasteiger partial charge in [0.1, 0.15) is 13.2 Å². The second-order valence-electron chi connectivity index (χ2n) is 3.47. The monoisotopic (exact) mass is 297 g/mol. The maximum atomic E-state index is 11.0. The Morgan fingerprint density at radius 1 is 1.35 bits per heavy atom. The van der Waals surface area contributed by atoms with Gasteiger partial charge in [-0.15, -0.1) is 0 Å². The zero-order valence-corrected chi connectivity index (χ0v) is 10.7.